The smallest absolute Gasteiger partial charge is 0.267 e. The lowest BCUT2D eigenvalue weighted by atomic mass is 10.1. The summed E-state index contributed by atoms with van der Waals surface area (Å²) in [6.45, 7) is 1.30. The molecule has 0 spiro atoms. The first-order valence-electron chi connectivity index (χ1n) is 9.40. The minimum Gasteiger partial charge on any atom is -0.485 e. The summed E-state index contributed by atoms with van der Waals surface area (Å²) in [7, 11) is 0. The summed E-state index contributed by atoms with van der Waals surface area (Å²) in [6.07, 6.45) is 3.64. The second kappa shape index (κ2) is 8.57. The van der Waals surface area contributed by atoms with Crippen LogP contribution in [0.3, 0.4) is 0 Å². The molecule has 1 amide bonds. The van der Waals surface area contributed by atoms with Crippen LogP contribution in [0.25, 0.3) is 0 Å². The zero-order valence-corrected chi connectivity index (χ0v) is 15.5. The van der Waals surface area contributed by atoms with E-state index in [1.54, 1.807) is 12.4 Å². The van der Waals surface area contributed by atoms with Gasteiger partial charge in [0, 0.05) is 25.5 Å². The minimum atomic E-state index is -0.651. The molecular weight excluding hydrogens is 352 g/mol. The molecule has 4 rings (SSSR count). The van der Waals surface area contributed by atoms with Crippen LogP contribution in [0.1, 0.15) is 11.1 Å². The van der Waals surface area contributed by atoms with Crippen LogP contribution in [0.5, 0.6) is 11.5 Å². The largest absolute Gasteiger partial charge is 0.485 e. The van der Waals surface area contributed by atoms with E-state index < -0.39 is 6.10 Å². The fourth-order valence-electron chi connectivity index (χ4n) is 3.23. The number of amides is 1. The lowest BCUT2D eigenvalue weighted by Crippen LogP contribution is -2.46. The average molecular weight is 374 g/mol. The Bertz CT molecular complexity index is 915. The molecule has 0 fully saturated rings. The highest BCUT2D eigenvalue weighted by atomic mass is 16.6. The van der Waals surface area contributed by atoms with Crippen molar-refractivity contribution in [1.29, 1.82) is 0 Å². The predicted octanol–water partition coefficient (Wildman–Crippen LogP) is 3.49. The molecule has 142 valence electrons. The number of para-hydroxylation sites is 2. The molecule has 0 bridgehead atoms. The number of nitrogens with zero attached hydrogens (tertiary/aromatic N) is 2. The van der Waals surface area contributed by atoms with E-state index in [0.29, 0.717) is 24.6 Å². The van der Waals surface area contributed by atoms with Crippen LogP contribution in [-0.4, -0.2) is 35.0 Å². The van der Waals surface area contributed by atoms with Crippen molar-refractivity contribution in [1.82, 2.24) is 9.88 Å². The van der Waals surface area contributed by atoms with Crippen LogP contribution in [0.2, 0.25) is 0 Å². The summed E-state index contributed by atoms with van der Waals surface area (Å²) < 4.78 is 11.7. The molecule has 28 heavy (non-hydrogen) atoms. The molecule has 2 heterocycles. The van der Waals surface area contributed by atoms with E-state index in [1.807, 2.05) is 59.5 Å². The molecule has 1 aliphatic heterocycles. The fourth-order valence-corrected chi connectivity index (χ4v) is 3.23. The summed E-state index contributed by atoms with van der Waals surface area (Å²) in [5.41, 5.74) is 2.18. The number of benzene rings is 2. The van der Waals surface area contributed by atoms with Crippen molar-refractivity contribution in [3.05, 3.63) is 90.3 Å². The van der Waals surface area contributed by atoms with Crippen molar-refractivity contribution < 1.29 is 14.3 Å². The average Bonchev–Trinajstić information content (AvgIpc) is 2.77. The van der Waals surface area contributed by atoms with Crippen molar-refractivity contribution >= 4 is 5.91 Å². The number of aromatic nitrogens is 1. The Morgan fingerprint density at radius 2 is 1.71 bits per heavy atom. The van der Waals surface area contributed by atoms with Gasteiger partial charge in [0.25, 0.3) is 5.91 Å². The lowest BCUT2D eigenvalue weighted by molar-refractivity contribution is -0.141. The van der Waals surface area contributed by atoms with Gasteiger partial charge in [0.15, 0.2) is 11.5 Å². The number of carbonyl (C=O) groups excluding carboxylic acids is 1. The number of ether oxygens (including phenoxy) is 2. The Morgan fingerprint density at radius 3 is 2.50 bits per heavy atom. The number of carbonyl (C=O) groups is 1. The first-order valence-corrected chi connectivity index (χ1v) is 9.40. The van der Waals surface area contributed by atoms with Crippen molar-refractivity contribution in [3.8, 4) is 11.5 Å². The Morgan fingerprint density at radius 1 is 0.964 bits per heavy atom. The Labute approximate surface area is 164 Å². The van der Waals surface area contributed by atoms with Gasteiger partial charge in [-0.2, -0.15) is 0 Å². The molecule has 5 heteroatoms. The standard InChI is InChI=1S/C23H22N2O3/c26-23(22-17-27-20-10-4-5-11-21(20)28-22)25(16-19-9-6-13-24-15-19)14-12-18-7-2-1-3-8-18/h1-11,13,15,22H,12,14,16-17H2. The van der Waals surface area contributed by atoms with Gasteiger partial charge in [-0.25, -0.2) is 0 Å². The van der Waals surface area contributed by atoms with Crippen LogP contribution in [-0.2, 0) is 17.8 Å². The molecule has 2 aromatic carbocycles. The quantitative estimate of drug-likeness (QED) is 0.663. The Balaban J connectivity index is 1.49. The van der Waals surface area contributed by atoms with Crippen LogP contribution >= 0.6 is 0 Å². The molecule has 0 saturated carbocycles. The molecule has 5 nitrogen and oxygen atoms in total. The minimum absolute atomic E-state index is 0.0747. The van der Waals surface area contributed by atoms with Crippen molar-refractivity contribution in [2.45, 2.75) is 19.1 Å². The number of rotatable bonds is 6. The summed E-state index contributed by atoms with van der Waals surface area (Å²) in [4.78, 5) is 19.2. The van der Waals surface area contributed by atoms with Gasteiger partial charge in [0.05, 0.1) is 0 Å². The van der Waals surface area contributed by atoms with Crippen LogP contribution in [0.4, 0.5) is 0 Å². The van der Waals surface area contributed by atoms with E-state index in [4.69, 9.17) is 9.47 Å². The van der Waals surface area contributed by atoms with Gasteiger partial charge in [0.2, 0.25) is 6.10 Å². The van der Waals surface area contributed by atoms with E-state index >= 15 is 0 Å². The number of hydrogen-bond donors (Lipinski definition) is 0. The Hall–Kier alpha value is -3.34. The van der Waals surface area contributed by atoms with Gasteiger partial charge >= 0.3 is 0 Å². The van der Waals surface area contributed by atoms with Crippen LogP contribution < -0.4 is 9.47 Å². The first-order chi connectivity index (χ1) is 13.8. The van der Waals surface area contributed by atoms with Crippen molar-refractivity contribution in [2.24, 2.45) is 0 Å². The molecule has 0 N–H and O–H groups in total. The van der Waals surface area contributed by atoms with E-state index in [-0.39, 0.29) is 12.5 Å². The third-order valence-corrected chi connectivity index (χ3v) is 4.71. The molecule has 1 aromatic heterocycles. The highest BCUT2D eigenvalue weighted by Crippen LogP contribution is 2.31. The van der Waals surface area contributed by atoms with E-state index in [2.05, 4.69) is 17.1 Å². The molecule has 3 aromatic rings. The summed E-state index contributed by atoms with van der Waals surface area (Å²) >= 11 is 0. The van der Waals surface area contributed by atoms with Crippen LogP contribution in [0.15, 0.2) is 79.1 Å². The summed E-state index contributed by atoms with van der Waals surface area (Å²) in [5, 5.41) is 0. The molecule has 0 radical (unpaired) electrons. The maximum atomic E-state index is 13.2. The maximum absolute atomic E-state index is 13.2. The monoisotopic (exact) mass is 374 g/mol. The zero-order valence-electron chi connectivity index (χ0n) is 15.5. The zero-order chi connectivity index (χ0) is 19.2. The van der Waals surface area contributed by atoms with Crippen molar-refractivity contribution in [3.63, 3.8) is 0 Å². The normalized spacial score (nSPS) is 15.1. The highest BCUT2D eigenvalue weighted by Gasteiger charge is 2.31. The number of fused-ring (bicyclic) bond motifs is 1. The molecule has 0 aliphatic carbocycles. The van der Waals surface area contributed by atoms with E-state index in [0.717, 1.165) is 12.0 Å². The fraction of sp³-hybridized carbons (Fsp3) is 0.217. The predicted molar refractivity (Wildman–Crippen MR) is 106 cm³/mol. The maximum Gasteiger partial charge on any atom is 0.267 e. The van der Waals surface area contributed by atoms with Gasteiger partial charge in [-0.05, 0) is 35.7 Å². The van der Waals surface area contributed by atoms with Crippen LogP contribution in [0, 0.1) is 0 Å². The molecule has 0 saturated heterocycles. The first kappa shape index (κ1) is 18.0. The second-order valence-corrected chi connectivity index (χ2v) is 6.72. The Kier molecular flexibility index (Phi) is 5.52. The van der Waals surface area contributed by atoms with E-state index in [9.17, 15) is 4.79 Å². The molecular formula is C23H22N2O3. The lowest BCUT2D eigenvalue weighted by Gasteiger charge is -2.31. The van der Waals surface area contributed by atoms with Crippen molar-refractivity contribution in [2.75, 3.05) is 13.2 Å². The third kappa shape index (κ3) is 4.31. The SMILES string of the molecule is O=C(C1COc2ccccc2O1)N(CCc1ccccc1)Cc1cccnc1. The van der Waals surface area contributed by atoms with Gasteiger partial charge in [-0.3, -0.25) is 9.78 Å². The molecule has 1 atom stereocenters. The van der Waals surface area contributed by atoms with Gasteiger partial charge in [-0.1, -0.05) is 48.5 Å². The van der Waals surface area contributed by atoms with Gasteiger partial charge in [-0.15, -0.1) is 0 Å². The number of hydrogen-bond acceptors (Lipinski definition) is 4. The molecule has 1 aliphatic rings. The van der Waals surface area contributed by atoms with Gasteiger partial charge < -0.3 is 14.4 Å². The molecule has 1 unspecified atom stereocenters. The second-order valence-electron chi connectivity index (χ2n) is 6.72. The highest BCUT2D eigenvalue weighted by molar-refractivity contribution is 5.82. The summed E-state index contributed by atoms with van der Waals surface area (Å²) in [5.74, 6) is 1.21. The van der Waals surface area contributed by atoms with Gasteiger partial charge in [0.1, 0.15) is 6.61 Å². The summed E-state index contributed by atoms with van der Waals surface area (Å²) in [6, 6.07) is 21.4. The third-order valence-electron chi connectivity index (χ3n) is 4.71. The topological polar surface area (TPSA) is 51.7 Å². The number of pyridine rings is 1. The van der Waals surface area contributed by atoms with E-state index in [1.165, 1.54) is 5.56 Å².